The molecular weight excluding hydrogens is 290 g/mol. The Bertz CT molecular complexity index is 386. The molecule has 0 bridgehead atoms. The summed E-state index contributed by atoms with van der Waals surface area (Å²) in [6.45, 7) is 3.06. The van der Waals surface area contributed by atoms with Gasteiger partial charge in [-0.05, 0) is 56.7 Å². The maximum absolute atomic E-state index is 6.43. The first-order valence-electron chi connectivity index (χ1n) is 6.74. The molecule has 2 N–H and O–H groups in total. The molecule has 0 aliphatic carbocycles. The molecule has 1 fully saturated rings. The molecule has 2 nitrogen and oxygen atoms in total. The van der Waals surface area contributed by atoms with Gasteiger partial charge in [0.25, 0.3) is 0 Å². The zero-order chi connectivity index (χ0) is 13.0. The van der Waals surface area contributed by atoms with Crippen LogP contribution < -0.4 is 5.73 Å². The van der Waals surface area contributed by atoms with E-state index in [0.29, 0.717) is 6.10 Å². The Balaban J connectivity index is 1.86. The first-order chi connectivity index (χ1) is 8.58. The van der Waals surface area contributed by atoms with Crippen molar-refractivity contribution < 1.29 is 4.74 Å². The van der Waals surface area contributed by atoms with Crippen LogP contribution in [0.3, 0.4) is 0 Å². The van der Waals surface area contributed by atoms with Crippen LogP contribution in [0.15, 0.2) is 28.7 Å². The van der Waals surface area contributed by atoms with Crippen LogP contribution in [0, 0.1) is 0 Å². The Morgan fingerprint density at radius 1 is 1.50 bits per heavy atom. The normalized spacial score (nSPS) is 22.9. The van der Waals surface area contributed by atoms with Crippen molar-refractivity contribution in [1.29, 1.82) is 0 Å². The van der Waals surface area contributed by atoms with E-state index in [0.717, 1.165) is 30.3 Å². The molecule has 0 amide bonds. The smallest absolute Gasteiger partial charge is 0.0576 e. The van der Waals surface area contributed by atoms with E-state index in [4.69, 9.17) is 10.5 Å². The molecule has 1 aliphatic heterocycles. The van der Waals surface area contributed by atoms with Crippen LogP contribution in [0.5, 0.6) is 0 Å². The molecule has 1 aromatic carbocycles. The molecule has 2 atom stereocenters. The van der Waals surface area contributed by atoms with Crippen molar-refractivity contribution in [2.45, 2.75) is 50.7 Å². The van der Waals surface area contributed by atoms with Crippen LogP contribution >= 0.6 is 15.9 Å². The first-order valence-corrected chi connectivity index (χ1v) is 7.54. The average molecular weight is 312 g/mol. The van der Waals surface area contributed by atoms with Crippen molar-refractivity contribution in [2.75, 3.05) is 6.61 Å². The highest BCUT2D eigenvalue weighted by Crippen LogP contribution is 2.27. The van der Waals surface area contributed by atoms with Crippen LogP contribution in [-0.4, -0.2) is 12.7 Å². The number of hydrogen-bond donors (Lipinski definition) is 1. The molecule has 3 heteroatoms. The van der Waals surface area contributed by atoms with E-state index in [-0.39, 0.29) is 5.54 Å². The summed E-state index contributed by atoms with van der Waals surface area (Å²) in [5.74, 6) is 0. The third kappa shape index (κ3) is 3.81. The first kappa shape index (κ1) is 14.0. The summed E-state index contributed by atoms with van der Waals surface area (Å²) in [7, 11) is 0. The van der Waals surface area contributed by atoms with Crippen molar-refractivity contribution in [1.82, 2.24) is 0 Å². The predicted octanol–water partition coefficient (Wildman–Crippen LogP) is 3.97. The summed E-state index contributed by atoms with van der Waals surface area (Å²) in [5.41, 5.74) is 7.38. The Morgan fingerprint density at radius 3 is 3.00 bits per heavy atom. The van der Waals surface area contributed by atoms with E-state index in [2.05, 4.69) is 35.0 Å². The van der Waals surface area contributed by atoms with Crippen LogP contribution in [0.1, 0.15) is 44.6 Å². The summed E-state index contributed by atoms with van der Waals surface area (Å²) in [6, 6.07) is 8.31. The standard InChI is InChI=1S/C15H22BrNO/c1-15(17,12-5-2-6-13(16)11-12)9-3-7-14-8-4-10-18-14/h2,5-6,11,14H,3-4,7-10,17H2,1H3. The van der Waals surface area contributed by atoms with Gasteiger partial charge in [-0.1, -0.05) is 28.1 Å². The summed E-state index contributed by atoms with van der Waals surface area (Å²) in [4.78, 5) is 0. The van der Waals surface area contributed by atoms with E-state index >= 15 is 0 Å². The van der Waals surface area contributed by atoms with Crippen molar-refractivity contribution in [2.24, 2.45) is 5.73 Å². The number of halogens is 1. The molecule has 0 aromatic heterocycles. The van der Waals surface area contributed by atoms with Gasteiger partial charge in [0.2, 0.25) is 0 Å². The second-order valence-electron chi connectivity index (χ2n) is 5.46. The zero-order valence-corrected chi connectivity index (χ0v) is 12.6. The number of hydrogen-bond acceptors (Lipinski definition) is 2. The summed E-state index contributed by atoms with van der Waals surface area (Å²) in [6.07, 6.45) is 6.19. The third-order valence-corrected chi connectivity index (χ3v) is 4.22. The largest absolute Gasteiger partial charge is 0.378 e. The van der Waals surface area contributed by atoms with Gasteiger partial charge >= 0.3 is 0 Å². The van der Waals surface area contributed by atoms with E-state index in [9.17, 15) is 0 Å². The Kier molecular flexibility index (Phi) is 4.82. The molecule has 0 radical (unpaired) electrons. The molecule has 1 aromatic rings. The fraction of sp³-hybridized carbons (Fsp3) is 0.600. The van der Waals surface area contributed by atoms with Gasteiger partial charge in [0.15, 0.2) is 0 Å². The van der Waals surface area contributed by atoms with E-state index in [1.54, 1.807) is 0 Å². The molecule has 1 saturated heterocycles. The summed E-state index contributed by atoms with van der Waals surface area (Å²) in [5, 5.41) is 0. The molecule has 18 heavy (non-hydrogen) atoms. The Labute approximate surface area is 118 Å². The average Bonchev–Trinajstić information content (AvgIpc) is 2.82. The van der Waals surface area contributed by atoms with Gasteiger partial charge in [0.1, 0.15) is 0 Å². The van der Waals surface area contributed by atoms with Gasteiger partial charge in [0.05, 0.1) is 6.10 Å². The van der Waals surface area contributed by atoms with Crippen molar-refractivity contribution in [3.8, 4) is 0 Å². The van der Waals surface area contributed by atoms with Crippen LogP contribution in [0.2, 0.25) is 0 Å². The fourth-order valence-corrected chi connectivity index (χ4v) is 2.96. The highest BCUT2D eigenvalue weighted by Gasteiger charge is 2.22. The van der Waals surface area contributed by atoms with Gasteiger partial charge in [-0.2, -0.15) is 0 Å². The lowest BCUT2D eigenvalue weighted by molar-refractivity contribution is 0.100. The van der Waals surface area contributed by atoms with Gasteiger partial charge in [-0.25, -0.2) is 0 Å². The van der Waals surface area contributed by atoms with Crippen molar-refractivity contribution >= 4 is 15.9 Å². The zero-order valence-electron chi connectivity index (χ0n) is 11.0. The lowest BCUT2D eigenvalue weighted by Gasteiger charge is -2.26. The molecule has 2 unspecified atom stereocenters. The van der Waals surface area contributed by atoms with Crippen LogP contribution in [0.4, 0.5) is 0 Å². The van der Waals surface area contributed by atoms with E-state index in [1.165, 1.54) is 18.4 Å². The van der Waals surface area contributed by atoms with Crippen LogP contribution in [0.25, 0.3) is 0 Å². The monoisotopic (exact) mass is 311 g/mol. The third-order valence-electron chi connectivity index (χ3n) is 3.73. The Morgan fingerprint density at radius 2 is 2.33 bits per heavy atom. The number of benzene rings is 1. The van der Waals surface area contributed by atoms with Crippen molar-refractivity contribution in [3.63, 3.8) is 0 Å². The molecule has 100 valence electrons. The van der Waals surface area contributed by atoms with E-state index < -0.39 is 0 Å². The van der Waals surface area contributed by atoms with E-state index in [1.807, 2.05) is 12.1 Å². The molecule has 1 heterocycles. The summed E-state index contributed by atoms with van der Waals surface area (Å²) < 4.78 is 6.74. The predicted molar refractivity (Wildman–Crippen MR) is 78.5 cm³/mol. The van der Waals surface area contributed by atoms with Crippen molar-refractivity contribution in [3.05, 3.63) is 34.3 Å². The molecule has 0 spiro atoms. The quantitative estimate of drug-likeness (QED) is 0.893. The molecule has 1 aliphatic rings. The lowest BCUT2D eigenvalue weighted by atomic mass is 9.87. The van der Waals surface area contributed by atoms with Gasteiger partial charge in [-0.15, -0.1) is 0 Å². The maximum atomic E-state index is 6.43. The highest BCUT2D eigenvalue weighted by molar-refractivity contribution is 9.10. The SMILES string of the molecule is CC(N)(CCCC1CCCO1)c1cccc(Br)c1. The van der Waals surface area contributed by atoms with Gasteiger partial charge < -0.3 is 10.5 Å². The second kappa shape index (κ2) is 6.18. The highest BCUT2D eigenvalue weighted by atomic mass is 79.9. The molecular formula is C15H22BrNO. The fourth-order valence-electron chi connectivity index (χ4n) is 2.56. The minimum absolute atomic E-state index is 0.248. The minimum Gasteiger partial charge on any atom is -0.378 e. The molecule has 2 rings (SSSR count). The number of nitrogens with two attached hydrogens (primary N) is 1. The Hall–Kier alpha value is -0.380. The summed E-state index contributed by atoms with van der Waals surface area (Å²) >= 11 is 3.50. The minimum atomic E-state index is -0.248. The maximum Gasteiger partial charge on any atom is 0.0576 e. The van der Waals surface area contributed by atoms with Crippen LogP contribution in [-0.2, 0) is 10.3 Å². The lowest BCUT2D eigenvalue weighted by Crippen LogP contribution is -2.33. The molecule has 0 saturated carbocycles. The number of ether oxygens (including phenoxy) is 1. The van der Waals surface area contributed by atoms with Gasteiger partial charge in [0, 0.05) is 16.6 Å². The topological polar surface area (TPSA) is 35.2 Å². The van der Waals surface area contributed by atoms with Gasteiger partial charge in [-0.3, -0.25) is 0 Å². The second-order valence-corrected chi connectivity index (χ2v) is 6.37. The number of rotatable bonds is 5.